The number of para-hydroxylation sites is 2. The van der Waals surface area contributed by atoms with Gasteiger partial charge in [-0.2, -0.15) is 0 Å². The standard InChI is InChI=1S/C22H18N2OS/c25-21(18-10-2-1-3-11-18)23-22(26)24-19-12-6-4-8-16(19)14-15-17-9-5-7-13-20(17)24/h1-13H,14-15H2,(H,23,25,26). The van der Waals surface area contributed by atoms with Gasteiger partial charge in [-0.05, 0) is 60.5 Å². The Balaban J connectivity index is 1.73. The topological polar surface area (TPSA) is 32.3 Å². The van der Waals surface area contributed by atoms with Crippen molar-refractivity contribution in [2.24, 2.45) is 0 Å². The molecule has 3 aromatic carbocycles. The molecule has 0 saturated carbocycles. The van der Waals surface area contributed by atoms with Crippen molar-refractivity contribution in [1.82, 2.24) is 5.32 Å². The fraction of sp³-hybridized carbons (Fsp3) is 0.0909. The molecule has 4 rings (SSSR count). The maximum absolute atomic E-state index is 12.6. The van der Waals surface area contributed by atoms with Crippen LogP contribution in [-0.2, 0) is 12.8 Å². The van der Waals surface area contributed by atoms with E-state index in [4.69, 9.17) is 12.2 Å². The van der Waals surface area contributed by atoms with Gasteiger partial charge in [0.25, 0.3) is 5.91 Å². The van der Waals surface area contributed by atoms with Crippen LogP contribution < -0.4 is 10.2 Å². The average molecular weight is 358 g/mol. The van der Waals surface area contributed by atoms with Gasteiger partial charge in [0.1, 0.15) is 0 Å². The van der Waals surface area contributed by atoms with Crippen molar-refractivity contribution in [2.45, 2.75) is 12.8 Å². The average Bonchev–Trinajstić information content (AvgIpc) is 2.85. The largest absolute Gasteiger partial charge is 0.298 e. The third kappa shape index (κ3) is 3.11. The molecule has 0 aromatic heterocycles. The van der Waals surface area contributed by atoms with Crippen LogP contribution in [0, 0.1) is 0 Å². The van der Waals surface area contributed by atoms with Gasteiger partial charge in [-0.1, -0.05) is 54.6 Å². The molecule has 3 aromatic rings. The van der Waals surface area contributed by atoms with Crippen molar-refractivity contribution in [3.63, 3.8) is 0 Å². The molecule has 0 fully saturated rings. The molecule has 0 aliphatic carbocycles. The van der Waals surface area contributed by atoms with Crippen LogP contribution in [0.1, 0.15) is 21.5 Å². The third-order valence-corrected chi connectivity index (χ3v) is 4.87. The van der Waals surface area contributed by atoms with Crippen LogP contribution in [0.25, 0.3) is 0 Å². The van der Waals surface area contributed by atoms with Crippen LogP contribution >= 0.6 is 12.2 Å². The Kier molecular flexibility index (Phi) is 4.50. The van der Waals surface area contributed by atoms with Crippen molar-refractivity contribution in [3.8, 4) is 0 Å². The van der Waals surface area contributed by atoms with Crippen LogP contribution in [0.15, 0.2) is 78.9 Å². The molecule has 26 heavy (non-hydrogen) atoms. The molecule has 1 heterocycles. The molecule has 1 aliphatic heterocycles. The summed E-state index contributed by atoms with van der Waals surface area (Å²) in [6.45, 7) is 0. The monoisotopic (exact) mass is 358 g/mol. The Bertz CT molecular complexity index is 921. The number of aryl methyl sites for hydroxylation is 2. The lowest BCUT2D eigenvalue weighted by Crippen LogP contribution is -2.40. The van der Waals surface area contributed by atoms with Crippen molar-refractivity contribution in [2.75, 3.05) is 4.90 Å². The van der Waals surface area contributed by atoms with Crippen LogP contribution in [-0.4, -0.2) is 11.0 Å². The minimum Gasteiger partial charge on any atom is -0.298 e. The van der Waals surface area contributed by atoms with E-state index in [1.54, 1.807) is 12.1 Å². The lowest BCUT2D eigenvalue weighted by atomic mass is 10.0. The zero-order chi connectivity index (χ0) is 17.9. The first kappa shape index (κ1) is 16.5. The third-order valence-electron chi connectivity index (χ3n) is 4.59. The molecule has 4 heteroatoms. The number of carbonyl (C=O) groups is 1. The SMILES string of the molecule is O=C(NC(=S)N1c2ccccc2CCc2ccccc21)c1ccccc1. The number of thiocarbonyl (C=S) groups is 1. The lowest BCUT2D eigenvalue weighted by molar-refractivity contribution is 0.0977. The van der Waals surface area contributed by atoms with Gasteiger partial charge < -0.3 is 0 Å². The Labute approximate surface area is 158 Å². The number of hydrogen-bond donors (Lipinski definition) is 1. The van der Waals surface area contributed by atoms with Crippen molar-refractivity contribution in [1.29, 1.82) is 0 Å². The summed E-state index contributed by atoms with van der Waals surface area (Å²) in [6, 6.07) is 25.6. The van der Waals surface area contributed by atoms with Crippen molar-refractivity contribution >= 4 is 34.6 Å². The molecule has 3 nitrogen and oxygen atoms in total. The summed E-state index contributed by atoms with van der Waals surface area (Å²) in [5, 5.41) is 3.28. The van der Waals surface area contributed by atoms with Crippen molar-refractivity contribution < 1.29 is 4.79 Å². The second kappa shape index (κ2) is 7.10. The van der Waals surface area contributed by atoms with Crippen LogP contribution in [0.5, 0.6) is 0 Å². The zero-order valence-corrected chi connectivity index (χ0v) is 15.0. The van der Waals surface area contributed by atoms with E-state index in [0.29, 0.717) is 10.7 Å². The minimum absolute atomic E-state index is 0.199. The van der Waals surface area contributed by atoms with Gasteiger partial charge in [0.05, 0.1) is 11.4 Å². The lowest BCUT2D eigenvalue weighted by Gasteiger charge is -2.27. The fourth-order valence-corrected chi connectivity index (χ4v) is 3.60. The number of carbonyl (C=O) groups excluding carboxylic acids is 1. The minimum atomic E-state index is -0.199. The van der Waals surface area contributed by atoms with E-state index in [0.717, 1.165) is 24.2 Å². The second-order valence-electron chi connectivity index (χ2n) is 6.22. The van der Waals surface area contributed by atoms with Gasteiger partial charge in [-0.25, -0.2) is 0 Å². The molecule has 0 saturated heterocycles. The number of hydrogen-bond acceptors (Lipinski definition) is 2. The number of nitrogens with one attached hydrogen (secondary N) is 1. The predicted molar refractivity (Wildman–Crippen MR) is 109 cm³/mol. The van der Waals surface area contributed by atoms with E-state index < -0.39 is 0 Å². The van der Waals surface area contributed by atoms with Gasteiger partial charge in [-0.15, -0.1) is 0 Å². The Morgan fingerprint density at radius 3 is 1.85 bits per heavy atom. The van der Waals surface area contributed by atoms with E-state index in [2.05, 4.69) is 29.6 Å². The molecular formula is C22H18N2OS. The Hall–Kier alpha value is -2.98. The number of nitrogens with zero attached hydrogens (tertiary/aromatic N) is 1. The van der Waals surface area contributed by atoms with Gasteiger partial charge in [-0.3, -0.25) is 15.0 Å². The summed E-state index contributed by atoms with van der Waals surface area (Å²) in [5.41, 5.74) is 5.08. The smallest absolute Gasteiger partial charge is 0.257 e. The van der Waals surface area contributed by atoms with E-state index in [-0.39, 0.29) is 5.91 Å². The summed E-state index contributed by atoms with van der Waals surface area (Å²) >= 11 is 5.66. The molecule has 1 N–H and O–H groups in total. The highest BCUT2D eigenvalue weighted by Gasteiger charge is 2.24. The molecule has 0 radical (unpaired) electrons. The van der Waals surface area contributed by atoms with E-state index in [1.807, 2.05) is 47.4 Å². The summed E-state index contributed by atoms with van der Waals surface area (Å²) in [5.74, 6) is -0.199. The van der Waals surface area contributed by atoms with Gasteiger partial charge >= 0.3 is 0 Å². The van der Waals surface area contributed by atoms with Gasteiger partial charge in [0, 0.05) is 5.56 Å². The van der Waals surface area contributed by atoms with Crippen LogP contribution in [0.4, 0.5) is 11.4 Å². The molecular weight excluding hydrogens is 340 g/mol. The number of rotatable bonds is 1. The molecule has 128 valence electrons. The van der Waals surface area contributed by atoms with Crippen LogP contribution in [0.3, 0.4) is 0 Å². The summed E-state index contributed by atoms with van der Waals surface area (Å²) in [7, 11) is 0. The highest BCUT2D eigenvalue weighted by atomic mass is 32.1. The second-order valence-corrected chi connectivity index (χ2v) is 6.60. The zero-order valence-electron chi connectivity index (χ0n) is 14.2. The molecule has 0 spiro atoms. The first-order valence-electron chi connectivity index (χ1n) is 8.60. The molecule has 0 unspecified atom stereocenters. The molecule has 0 atom stereocenters. The Morgan fingerprint density at radius 1 is 0.769 bits per heavy atom. The molecule has 1 amide bonds. The van der Waals surface area contributed by atoms with Gasteiger partial charge in [0.2, 0.25) is 0 Å². The maximum Gasteiger partial charge on any atom is 0.257 e. The van der Waals surface area contributed by atoms with E-state index in [9.17, 15) is 4.79 Å². The number of benzene rings is 3. The first-order valence-corrected chi connectivity index (χ1v) is 9.01. The molecule has 0 bridgehead atoms. The van der Waals surface area contributed by atoms with Gasteiger partial charge in [0.15, 0.2) is 5.11 Å². The van der Waals surface area contributed by atoms with E-state index in [1.165, 1.54) is 11.1 Å². The highest BCUT2D eigenvalue weighted by molar-refractivity contribution is 7.80. The van der Waals surface area contributed by atoms with E-state index >= 15 is 0 Å². The summed E-state index contributed by atoms with van der Waals surface area (Å²) < 4.78 is 0. The summed E-state index contributed by atoms with van der Waals surface area (Å²) in [4.78, 5) is 14.6. The number of fused-ring (bicyclic) bond motifs is 2. The number of anilines is 2. The number of amides is 1. The normalized spacial score (nSPS) is 12.5. The highest BCUT2D eigenvalue weighted by Crippen LogP contribution is 2.35. The fourth-order valence-electron chi connectivity index (χ4n) is 3.31. The first-order chi connectivity index (χ1) is 12.7. The quantitative estimate of drug-likeness (QED) is 0.643. The summed E-state index contributed by atoms with van der Waals surface area (Å²) in [6.07, 6.45) is 1.89. The maximum atomic E-state index is 12.6. The molecule has 1 aliphatic rings. The van der Waals surface area contributed by atoms with Crippen molar-refractivity contribution in [3.05, 3.63) is 95.6 Å². The predicted octanol–water partition coefficient (Wildman–Crippen LogP) is 4.64. The van der Waals surface area contributed by atoms with Crippen LogP contribution in [0.2, 0.25) is 0 Å². The Morgan fingerprint density at radius 2 is 1.27 bits per heavy atom.